The van der Waals surface area contributed by atoms with E-state index in [4.69, 9.17) is 28.9 Å². The summed E-state index contributed by atoms with van der Waals surface area (Å²) in [7, 11) is 0. The highest BCUT2D eigenvalue weighted by atomic mass is 35.5. The maximum atomic E-state index is 12.9. The lowest BCUT2D eigenvalue weighted by Gasteiger charge is -2.00. The molecule has 102 valence electrons. The highest BCUT2D eigenvalue weighted by Crippen LogP contribution is 2.39. The second kappa shape index (κ2) is 5.09. The minimum atomic E-state index is -0.304. The van der Waals surface area contributed by atoms with Crippen LogP contribution in [-0.2, 0) is 0 Å². The molecule has 2 N–H and O–H groups in total. The molecule has 0 atom stereocenters. The molecule has 2 aromatic heterocycles. The number of nitrogens with two attached hydrogens (primary N) is 1. The maximum Gasteiger partial charge on any atom is 0.123 e. The fourth-order valence-corrected chi connectivity index (χ4v) is 3.29. The topological polar surface area (TPSA) is 43.8 Å². The third-order valence-corrected chi connectivity index (χ3v) is 4.23. The van der Waals surface area contributed by atoms with Crippen LogP contribution >= 0.6 is 34.5 Å². The van der Waals surface area contributed by atoms with Gasteiger partial charge in [0.05, 0.1) is 21.9 Å². The second-order valence-corrected chi connectivity index (χ2v) is 6.38. The zero-order valence-electron chi connectivity index (χ0n) is 9.98. The van der Waals surface area contributed by atoms with Crippen molar-refractivity contribution in [3.8, 4) is 16.9 Å². The Morgan fingerprint density at radius 1 is 1.20 bits per heavy atom. The lowest BCUT2D eigenvalue weighted by Crippen LogP contribution is -1.94. The van der Waals surface area contributed by atoms with Crippen LogP contribution in [0.3, 0.4) is 0 Å². The number of hydrogen-bond acceptors (Lipinski definition) is 3. The van der Waals surface area contributed by atoms with Gasteiger partial charge in [-0.3, -0.25) is 0 Å². The summed E-state index contributed by atoms with van der Waals surface area (Å²) in [6, 6.07) is 7.69. The van der Waals surface area contributed by atoms with E-state index < -0.39 is 0 Å². The molecule has 20 heavy (non-hydrogen) atoms. The van der Waals surface area contributed by atoms with Gasteiger partial charge in [0.1, 0.15) is 15.8 Å². The van der Waals surface area contributed by atoms with E-state index in [-0.39, 0.29) is 5.82 Å². The molecule has 0 bridgehead atoms. The standard InChI is InChI=1S/C13H8Cl2FN3S/c14-11-5-9(13(15)20-11)12-10(17)6-19(18-12)8-3-1-7(16)2-4-8/h1-6H,17H2. The van der Waals surface area contributed by atoms with Crippen LogP contribution in [0.1, 0.15) is 0 Å². The first-order chi connectivity index (χ1) is 9.54. The van der Waals surface area contributed by atoms with Gasteiger partial charge in [0.2, 0.25) is 0 Å². The lowest BCUT2D eigenvalue weighted by atomic mass is 10.2. The molecule has 0 fully saturated rings. The van der Waals surface area contributed by atoms with Crippen molar-refractivity contribution < 1.29 is 4.39 Å². The largest absolute Gasteiger partial charge is 0.396 e. The molecular formula is C13H8Cl2FN3S. The molecule has 0 aliphatic carbocycles. The summed E-state index contributed by atoms with van der Waals surface area (Å²) >= 11 is 13.3. The van der Waals surface area contributed by atoms with Crippen molar-refractivity contribution in [2.75, 3.05) is 5.73 Å². The monoisotopic (exact) mass is 327 g/mol. The molecule has 0 aliphatic heterocycles. The first-order valence-electron chi connectivity index (χ1n) is 5.61. The molecular weight excluding hydrogens is 320 g/mol. The fourth-order valence-electron chi connectivity index (χ4n) is 1.82. The van der Waals surface area contributed by atoms with Crippen LogP contribution in [0.4, 0.5) is 10.1 Å². The van der Waals surface area contributed by atoms with E-state index in [0.29, 0.717) is 31.3 Å². The van der Waals surface area contributed by atoms with Crippen molar-refractivity contribution in [2.24, 2.45) is 0 Å². The Balaban J connectivity index is 2.07. The Labute approximate surface area is 128 Å². The molecule has 0 saturated carbocycles. The van der Waals surface area contributed by atoms with E-state index in [2.05, 4.69) is 5.10 Å². The number of hydrogen-bond donors (Lipinski definition) is 1. The van der Waals surface area contributed by atoms with Crippen LogP contribution in [0.2, 0.25) is 8.67 Å². The third-order valence-electron chi connectivity index (χ3n) is 2.75. The van der Waals surface area contributed by atoms with E-state index in [9.17, 15) is 4.39 Å². The van der Waals surface area contributed by atoms with E-state index in [1.54, 1.807) is 29.1 Å². The van der Waals surface area contributed by atoms with Crippen molar-refractivity contribution in [3.05, 3.63) is 51.0 Å². The number of benzene rings is 1. The number of halogens is 3. The molecule has 0 radical (unpaired) electrons. The van der Waals surface area contributed by atoms with E-state index >= 15 is 0 Å². The van der Waals surface area contributed by atoms with E-state index in [1.807, 2.05) is 0 Å². The van der Waals surface area contributed by atoms with Crippen LogP contribution in [0.25, 0.3) is 16.9 Å². The van der Waals surface area contributed by atoms with Gasteiger partial charge in [-0.1, -0.05) is 23.2 Å². The molecule has 3 rings (SSSR count). The Bertz CT molecular complexity index is 765. The number of aromatic nitrogens is 2. The fraction of sp³-hybridized carbons (Fsp3) is 0. The highest BCUT2D eigenvalue weighted by Gasteiger charge is 2.15. The SMILES string of the molecule is Nc1cn(-c2ccc(F)cc2)nc1-c1cc(Cl)sc1Cl. The summed E-state index contributed by atoms with van der Waals surface area (Å²) in [6.07, 6.45) is 1.66. The minimum absolute atomic E-state index is 0.304. The van der Waals surface area contributed by atoms with Gasteiger partial charge in [0.25, 0.3) is 0 Å². The lowest BCUT2D eigenvalue weighted by molar-refractivity contribution is 0.627. The van der Waals surface area contributed by atoms with Crippen molar-refractivity contribution >= 4 is 40.2 Å². The normalized spacial score (nSPS) is 10.9. The first-order valence-corrected chi connectivity index (χ1v) is 7.18. The van der Waals surface area contributed by atoms with Gasteiger partial charge >= 0.3 is 0 Å². The molecule has 3 aromatic rings. The molecule has 0 spiro atoms. The molecule has 0 unspecified atom stereocenters. The van der Waals surface area contributed by atoms with Crippen LogP contribution in [-0.4, -0.2) is 9.78 Å². The summed E-state index contributed by atoms with van der Waals surface area (Å²) in [5, 5.41) is 4.39. The van der Waals surface area contributed by atoms with Gasteiger partial charge in [-0.05, 0) is 30.3 Å². The summed E-state index contributed by atoms with van der Waals surface area (Å²) in [5.41, 5.74) is 8.40. The van der Waals surface area contributed by atoms with E-state index in [0.717, 1.165) is 0 Å². The summed E-state index contributed by atoms with van der Waals surface area (Å²) in [4.78, 5) is 0. The molecule has 1 aromatic carbocycles. The predicted molar refractivity (Wildman–Crippen MR) is 81.3 cm³/mol. The Morgan fingerprint density at radius 3 is 2.50 bits per heavy atom. The average molecular weight is 328 g/mol. The number of nitrogen functional groups attached to an aromatic ring is 1. The zero-order valence-corrected chi connectivity index (χ0v) is 12.3. The number of rotatable bonds is 2. The average Bonchev–Trinajstić information content (AvgIpc) is 2.93. The molecule has 2 heterocycles. The molecule has 0 amide bonds. The molecule has 7 heteroatoms. The Morgan fingerprint density at radius 2 is 1.90 bits per heavy atom. The summed E-state index contributed by atoms with van der Waals surface area (Å²) < 4.78 is 15.6. The molecule has 3 nitrogen and oxygen atoms in total. The van der Waals surface area contributed by atoms with Crippen molar-refractivity contribution in [3.63, 3.8) is 0 Å². The third kappa shape index (κ3) is 2.40. The van der Waals surface area contributed by atoms with Gasteiger partial charge in [-0.2, -0.15) is 5.10 Å². The molecule has 0 aliphatic rings. The van der Waals surface area contributed by atoms with Crippen LogP contribution < -0.4 is 5.73 Å². The first kappa shape index (κ1) is 13.4. The Kier molecular flexibility index (Phi) is 3.41. The van der Waals surface area contributed by atoms with Gasteiger partial charge < -0.3 is 5.73 Å². The highest BCUT2D eigenvalue weighted by molar-refractivity contribution is 7.20. The number of anilines is 1. The zero-order chi connectivity index (χ0) is 14.3. The summed E-state index contributed by atoms with van der Waals surface area (Å²) in [5.74, 6) is -0.304. The van der Waals surface area contributed by atoms with Crippen molar-refractivity contribution in [1.29, 1.82) is 0 Å². The van der Waals surface area contributed by atoms with Gasteiger partial charge in [-0.15, -0.1) is 11.3 Å². The number of thiophene rings is 1. The second-order valence-electron chi connectivity index (χ2n) is 4.09. The number of nitrogens with zero attached hydrogens (tertiary/aromatic N) is 2. The minimum Gasteiger partial charge on any atom is -0.396 e. The molecule has 0 saturated heterocycles. The predicted octanol–water partition coefficient (Wildman–Crippen LogP) is 4.63. The van der Waals surface area contributed by atoms with Gasteiger partial charge in [0.15, 0.2) is 0 Å². The van der Waals surface area contributed by atoms with E-state index in [1.165, 1.54) is 23.5 Å². The van der Waals surface area contributed by atoms with Crippen LogP contribution in [0.5, 0.6) is 0 Å². The van der Waals surface area contributed by atoms with Crippen molar-refractivity contribution in [1.82, 2.24) is 9.78 Å². The van der Waals surface area contributed by atoms with Crippen molar-refractivity contribution in [2.45, 2.75) is 0 Å². The smallest absolute Gasteiger partial charge is 0.123 e. The van der Waals surface area contributed by atoms with Crippen LogP contribution in [0, 0.1) is 5.82 Å². The summed E-state index contributed by atoms with van der Waals surface area (Å²) in [6.45, 7) is 0. The Hall–Kier alpha value is -1.56. The van der Waals surface area contributed by atoms with Gasteiger partial charge in [0, 0.05) is 5.56 Å². The quantitative estimate of drug-likeness (QED) is 0.745. The maximum absolute atomic E-state index is 12.9. The van der Waals surface area contributed by atoms with Gasteiger partial charge in [-0.25, -0.2) is 9.07 Å². The van der Waals surface area contributed by atoms with Crippen LogP contribution in [0.15, 0.2) is 36.5 Å².